The van der Waals surface area contributed by atoms with E-state index in [9.17, 15) is 0 Å². The highest BCUT2D eigenvalue weighted by Gasteiger charge is 2.17. The van der Waals surface area contributed by atoms with E-state index in [0.29, 0.717) is 4.77 Å². The molecule has 0 aliphatic carbocycles. The largest absolute Gasteiger partial charge is 0.373 e. The van der Waals surface area contributed by atoms with Crippen LogP contribution in [0, 0.1) is 4.77 Å². The van der Waals surface area contributed by atoms with E-state index in [1.807, 2.05) is 7.05 Å². The summed E-state index contributed by atoms with van der Waals surface area (Å²) in [6.45, 7) is 2.00. The second-order valence-corrected chi connectivity index (χ2v) is 3.97. The molecule has 0 spiro atoms. The first-order valence-electron chi connectivity index (χ1n) is 4.69. The summed E-state index contributed by atoms with van der Waals surface area (Å²) < 4.78 is 0.559. The second kappa shape index (κ2) is 3.67. The van der Waals surface area contributed by atoms with Crippen LogP contribution in [-0.2, 0) is 13.0 Å². The Morgan fingerprint density at radius 2 is 2.36 bits per heavy atom. The lowest BCUT2D eigenvalue weighted by Gasteiger charge is -2.25. The van der Waals surface area contributed by atoms with Crippen LogP contribution in [0.4, 0.5) is 5.82 Å². The normalized spacial score (nSPS) is 16.4. The van der Waals surface area contributed by atoms with E-state index in [0.717, 1.165) is 25.3 Å². The molecule has 5 heteroatoms. The van der Waals surface area contributed by atoms with Crippen molar-refractivity contribution < 1.29 is 0 Å². The van der Waals surface area contributed by atoms with Gasteiger partial charge in [-0.1, -0.05) is 0 Å². The van der Waals surface area contributed by atoms with Gasteiger partial charge in [-0.15, -0.1) is 0 Å². The number of nitrogens with one attached hydrogen (secondary N) is 2. The van der Waals surface area contributed by atoms with Crippen molar-refractivity contribution in [2.24, 2.45) is 0 Å². The molecular weight excluding hydrogens is 196 g/mol. The van der Waals surface area contributed by atoms with Gasteiger partial charge in [0.05, 0.1) is 0 Å². The third-order valence-electron chi connectivity index (χ3n) is 2.53. The number of H-pyrrole nitrogens is 1. The van der Waals surface area contributed by atoms with Crippen LogP contribution in [0.15, 0.2) is 0 Å². The average molecular weight is 210 g/mol. The van der Waals surface area contributed by atoms with E-state index < -0.39 is 0 Å². The van der Waals surface area contributed by atoms with E-state index >= 15 is 0 Å². The van der Waals surface area contributed by atoms with Crippen LogP contribution in [0.5, 0.6) is 0 Å². The van der Waals surface area contributed by atoms with Crippen molar-refractivity contribution >= 4 is 18.0 Å². The minimum Gasteiger partial charge on any atom is -0.373 e. The van der Waals surface area contributed by atoms with E-state index in [1.165, 1.54) is 11.3 Å². The molecule has 4 nitrogen and oxygen atoms in total. The van der Waals surface area contributed by atoms with Gasteiger partial charge in [-0.2, -0.15) is 0 Å². The van der Waals surface area contributed by atoms with Crippen molar-refractivity contribution in [3.8, 4) is 0 Å². The molecule has 76 valence electrons. The summed E-state index contributed by atoms with van der Waals surface area (Å²) in [4.78, 5) is 9.69. The average Bonchev–Trinajstić information content (AvgIpc) is 2.15. The zero-order chi connectivity index (χ0) is 10.1. The Bertz CT molecular complexity index is 398. The number of aromatic amines is 1. The zero-order valence-corrected chi connectivity index (χ0v) is 9.24. The van der Waals surface area contributed by atoms with Crippen LogP contribution in [0.25, 0.3) is 0 Å². The Balaban J connectivity index is 2.51. The molecule has 0 saturated carbocycles. The minimum absolute atomic E-state index is 0.559. The van der Waals surface area contributed by atoms with Gasteiger partial charge in [-0.05, 0) is 25.7 Å². The third-order valence-corrected chi connectivity index (χ3v) is 2.72. The molecule has 0 radical (unpaired) electrons. The molecule has 0 bridgehead atoms. The number of nitrogens with zero attached hydrogens (tertiary/aromatic N) is 2. The van der Waals surface area contributed by atoms with Crippen LogP contribution in [0.3, 0.4) is 0 Å². The Morgan fingerprint density at radius 3 is 3.07 bits per heavy atom. The standard InChI is InChI=1S/C9H14N4S/c1-10-8-6-3-4-13(2)5-7(6)11-9(14)12-8/h3-5H2,1-2H3,(H2,10,11,12,14). The first-order chi connectivity index (χ1) is 6.70. The molecule has 0 amide bonds. The molecule has 1 aliphatic rings. The van der Waals surface area contributed by atoms with Crippen molar-refractivity contribution in [1.29, 1.82) is 0 Å². The Kier molecular flexibility index (Phi) is 2.52. The van der Waals surface area contributed by atoms with E-state index in [1.54, 1.807) is 0 Å². The van der Waals surface area contributed by atoms with Crippen LogP contribution in [0.2, 0.25) is 0 Å². The van der Waals surface area contributed by atoms with Gasteiger partial charge in [-0.25, -0.2) is 4.98 Å². The lowest BCUT2D eigenvalue weighted by Crippen LogP contribution is -2.28. The molecule has 0 aromatic carbocycles. The highest BCUT2D eigenvalue weighted by molar-refractivity contribution is 7.71. The summed E-state index contributed by atoms with van der Waals surface area (Å²) in [5.41, 5.74) is 2.47. The van der Waals surface area contributed by atoms with E-state index in [4.69, 9.17) is 12.2 Å². The third kappa shape index (κ3) is 1.65. The molecule has 0 unspecified atom stereocenters. The summed E-state index contributed by atoms with van der Waals surface area (Å²) in [6.07, 6.45) is 1.03. The topological polar surface area (TPSA) is 44.0 Å². The molecule has 14 heavy (non-hydrogen) atoms. The summed E-state index contributed by atoms with van der Waals surface area (Å²) in [7, 11) is 4.00. The van der Waals surface area contributed by atoms with Crippen molar-refractivity contribution in [1.82, 2.24) is 14.9 Å². The van der Waals surface area contributed by atoms with E-state index in [-0.39, 0.29) is 0 Å². The van der Waals surface area contributed by atoms with Gasteiger partial charge in [-0.3, -0.25) is 0 Å². The maximum atomic E-state index is 5.06. The van der Waals surface area contributed by atoms with Crippen molar-refractivity contribution in [2.45, 2.75) is 13.0 Å². The van der Waals surface area contributed by atoms with E-state index in [2.05, 4.69) is 27.2 Å². The predicted octanol–water partition coefficient (Wildman–Crippen LogP) is 1.17. The van der Waals surface area contributed by atoms with Gasteiger partial charge in [0.2, 0.25) is 0 Å². The Morgan fingerprint density at radius 1 is 1.57 bits per heavy atom. The fourth-order valence-corrected chi connectivity index (χ4v) is 2.02. The molecule has 2 N–H and O–H groups in total. The SMILES string of the molecule is CNc1nc(=S)[nH]c2c1CCN(C)C2. The first-order valence-corrected chi connectivity index (χ1v) is 5.10. The van der Waals surface area contributed by atoms with Crippen molar-refractivity contribution in [2.75, 3.05) is 26.0 Å². The molecule has 2 rings (SSSR count). The van der Waals surface area contributed by atoms with Gasteiger partial charge >= 0.3 is 0 Å². The molecule has 2 heterocycles. The van der Waals surface area contributed by atoms with Crippen LogP contribution >= 0.6 is 12.2 Å². The van der Waals surface area contributed by atoms with Gasteiger partial charge in [0, 0.05) is 31.4 Å². The monoisotopic (exact) mass is 210 g/mol. The number of hydrogen-bond donors (Lipinski definition) is 2. The Hall–Kier alpha value is -0.940. The summed E-state index contributed by atoms with van der Waals surface area (Å²) >= 11 is 5.06. The summed E-state index contributed by atoms with van der Waals surface area (Å²) in [6, 6.07) is 0. The highest BCUT2D eigenvalue weighted by Crippen LogP contribution is 2.21. The quantitative estimate of drug-likeness (QED) is 0.683. The lowest BCUT2D eigenvalue weighted by atomic mass is 10.1. The molecular formula is C9H14N4S. The summed E-state index contributed by atoms with van der Waals surface area (Å²) in [5.74, 6) is 0.928. The maximum Gasteiger partial charge on any atom is 0.199 e. The molecule has 0 saturated heterocycles. The van der Waals surface area contributed by atoms with Gasteiger partial charge < -0.3 is 15.2 Å². The highest BCUT2D eigenvalue weighted by atomic mass is 32.1. The number of fused-ring (bicyclic) bond motifs is 1. The van der Waals surface area contributed by atoms with Crippen molar-refractivity contribution in [3.63, 3.8) is 0 Å². The molecule has 0 fully saturated rings. The number of aromatic nitrogens is 2. The molecule has 1 aliphatic heterocycles. The number of hydrogen-bond acceptors (Lipinski definition) is 4. The number of rotatable bonds is 1. The fourth-order valence-electron chi connectivity index (χ4n) is 1.81. The zero-order valence-electron chi connectivity index (χ0n) is 8.42. The van der Waals surface area contributed by atoms with Gasteiger partial charge in [0.1, 0.15) is 5.82 Å². The smallest absolute Gasteiger partial charge is 0.199 e. The predicted molar refractivity (Wildman–Crippen MR) is 59.0 cm³/mol. The van der Waals surface area contributed by atoms with Gasteiger partial charge in [0.15, 0.2) is 4.77 Å². The van der Waals surface area contributed by atoms with Crippen LogP contribution in [-0.4, -0.2) is 35.5 Å². The number of anilines is 1. The Labute approximate surface area is 88.4 Å². The lowest BCUT2D eigenvalue weighted by molar-refractivity contribution is 0.307. The number of likely N-dealkylation sites (N-methyl/N-ethyl adjacent to an activating group) is 1. The second-order valence-electron chi connectivity index (χ2n) is 3.59. The molecule has 1 aromatic rings. The minimum atomic E-state index is 0.559. The van der Waals surface area contributed by atoms with Gasteiger partial charge in [0.25, 0.3) is 0 Å². The first kappa shape index (κ1) is 9.61. The maximum absolute atomic E-state index is 5.06. The molecule has 1 aromatic heterocycles. The van der Waals surface area contributed by atoms with Crippen LogP contribution in [0.1, 0.15) is 11.3 Å². The summed E-state index contributed by atoms with van der Waals surface area (Å²) in [5, 5.41) is 3.09. The van der Waals surface area contributed by atoms with Crippen molar-refractivity contribution in [3.05, 3.63) is 16.0 Å². The van der Waals surface area contributed by atoms with Crippen LogP contribution < -0.4 is 5.32 Å². The fraction of sp³-hybridized carbons (Fsp3) is 0.556. The molecule has 0 atom stereocenters.